The first-order chi connectivity index (χ1) is 10.2. The van der Waals surface area contributed by atoms with E-state index < -0.39 is 17.6 Å². The van der Waals surface area contributed by atoms with Crippen molar-refractivity contribution >= 4 is 17.9 Å². The molecule has 3 amide bonds. The van der Waals surface area contributed by atoms with Gasteiger partial charge in [-0.2, -0.15) is 0 Å². The summed E-state index contributed by atoms with van der Waals surface area (Å²) < 4.78 is 9.95. The summed E-state index contributed by atoms with van der Waals surface area (Å²) in [5.74, 6) is -1.13. The average molecular weight is 315 g/mol. The Morgan fingerprint density at radius 1 is 1.23 bits per heavy atom. The Bertz CT molecular complexity index is 419. The normalized spacial score (nSPS) is 18.5. The SMILES string of the molecule is COCC(=O)NNC(=O)[C@H]1CCCN(C(=O)OC(C)(C)C)C1. The van der Waals surface area contributed by atoms with Crippen LogP contribution in [0.2, 0.25) is 0 Å². The molecule has 1 atom stereocenters. The Morgan fingerprint density at radius 2 is 1.91 bits per heavy atom. The van der Waals surface area contributed by atoms with Crippen molar-refractivity contribution in [2.45, 2.75) is 39.2 Å². The highest BCUT2D eigenvalue weighted by Gasteiger charge is 2.31. The van der Waals surface area contributed by atoms with Crippen LogP contribution in [0.3, 0.4) is 0 Å². The van der Waals surface area contributed by atoms with E-state index in [1.165, 1.54) is 12.0 Å². The number of rotatable bonds is 3. The lowest BCUT2D eigenvalue weighted by Crippen LogP contribution is -2.51. The molecule has 1 heterocycles. The molecule has 1 rings (SSSR count). The molecule has 0 saturated carbocycles. The van der Waals surface area contributed by atoms with E-state index in [2.05, 4.69) is 15.6 Å². The molecule has 0 aromatic rings. The third-order valence-corrected chi connectivity index (χ3v) is 3.04. The van der Waals surface area contributed by atoms with Crippen molar-refractivity contribution < 1.29 is 23.9 Å². The largest absolute Gasteiger partial charge is 0.444 e. The van der Waals surface area contributed by atoms with Crippen LogP contribution in [-0.2, 0) is 19.1 Å². The number of methoxy groups -OCH3 is 1. The van der Waals surface area contributed by atoms with Crippen molar-refractivity contribution in [2.24, 2.45) is 5.92 Å². The van der Waals surface area contributed by atoms with Crippen LogP contribution < -0.4 is 10.9 Å². The second-order valence-corrected chi connectivity index (χ2v) is 6.24. The fourth-order valence-corrected chi connectivity index (χ4v) is 2.08. The smallest absolute Gasteiger partial charge is 0.410 e. The van der Waals surface area contributed by atoms with Gasteiger partial charge in [-0.1, -0.05) is 0 Å². The van der Waals surface area contributed by atoms with Gasteiger partial charge < -0.3 is 14.4 Å². The summed E-state index contributed by atoms with van der Waals surface area (Å²) >= 11 is 0. The summed E-state index contributed by atoms with van der Waals surface area (Å²) in [5.41, 5.74) is 4.04. The van der Waals surface area contributed by atoms with Crippen LogP contribution in [0.1, 0.15) is 33.6 Å². The summed E-state index contributed by atoms with van der Waals surface area (Å²) in [6.45, 7) is 6.10. The van der Waals surface area contributed by atoms with Crippen molar-refractivity contribution in [3.05, 3.63) is 0 Å². The Labute approximate surface area is 130 Å². The quantitative estimate of drug-likeness (QED) is 0.736. The summed E-state index contributed by atoms with van der Waals surface area (Å²) in [7, 11) is 1.39. The van der Waals surface area contributed by atoms with Crippen LogP contribution in [0.15, 0.2) is 0 Å². The minimum Gasteiger partial charge on any atom is -0.444 e. The average Bonchev–Trinajstić information content (AvgIpc) is 2.43. The summed E-state index contributed by atoms with van der Waals surface area (Å²) in [6, 6.07) is 0. The highest BCUT2D eigenvalue weighted by Crippen LogP contribution is 2.19. The fourth-order valence-electron chi connectivity index (χ4n) is 2.08. The number of hydrazine groups is 1. The molecule has 126 valence electrons. The summed E-state index contributed by atoms with van der Waals surface area (Å²) in [5, 5.41) is 0. The maximum Gasteiger partial charge on any atom is 0.410 e. The van der Waals surface area contributed by atoms with Gasteiger partial charge in [0.25, 0.3) is 5.91 Å². The standard InChI is InChI=1S/C14H25N3O5/c1-14(2,3)22-13(20)17-7-5-6-10(8-17)12(19)16-15-11(18)9-21-4/h10H,5-9H2,1-4H3,(H,15,18)(H,16,19)/t10-/m0/s1. The lowest BCUT2D eigenvalue weighted by Gasteiger charge is -2.33. The van der Waals surface area contributed by atoms with Crippen LogP contribution in [0, 0.1) is 5.92 Å². The zero-order valence-corrected chi connectivity index (χ0v) is 13.6. The van der Waals surface area contributed by atoms with Crippen molar-refractivity contribution in [3.8, 4) is 0 Å². The number of carbonyl (C=O) groups excluding carboxylic acids is 3. The van der Waals surface area contributed by atoms with Gasteiger partial charge in [0.15, 0.2) is 0 Å². The molecule has 1 fully saturated rings. The van der Waals surface area contributed by atoms with Gasteiger partial charge in [-0.3, -0.25) is 20.4 Å². The summed E-state index contributed by atoms with van der Waals surface area (Å²) in [4.78, 5) is 36.8. The van der Waals surface area contributed by atoms with E-state index in [0.717, 1.165) is 0 Å². The molecule has 0 unspecified atom stereocenters. The number of nitrogens with one attached hydrogen (secondary N) is 2. The molecule has 2 N–H and O–H groups in total. The molecule has 8 heteroatoms. The van der Waals surface area contributed by atoms with Crippen LogP contribution in [0.4, 0.5) is 4.79 Å². The first kappa shape index (κ1) is 18.2. The Kier molecular flexibility index (Phi) is 6.61. The van der Waals surface area contributed by atoms with Gasteiger partial charge >= 0.3 is 6.09 Å². The minimum atomic E-state index is -0.569. The molecule has 0 bridgehead atoms. The minimum absolute atomic E-state index is 0.130. The van der Waals surface area contributed by atoms with Gasteiger partial charge in [0.1, 0.15) is 12.2 Å². The van der Waals surface area contributed by atoms with Crippen LogP contribution in [-0.4, -0.2) is 55.2 Å². The maximum absolute atomic E-state index is 12.0. The third-order valence-electron chi connectivity index (χ3n) is 3.04. The van der Waals surface area contributed by atoms with Crippen molar-refractivity contribution in [1.82, 2.24) is 15.8 Å². The number of hydrogen-bond acceptors (Lipinski definition) is 5. The molecule has 0 spiro atoms. The molecular weight excluding hydrogens is 290 g/mol. The fraction of sp³-hybridized carbons (Fsp3) is 0.786. The number of likely N-dealkylation sites (tertiary alicyclic amines) is 1. The number of hydrogen-bond donors (Lipinski definition) is 2. The van der Waals surface area contributed by atoms with E-state index >= 15 is 0 Å². The third kappa shape index (κ3) is 6.30. The van der Waals surface area contributed by atoms with Gasteiger partial charge in [-0.15, -0.1) is 0 Å². The van der Waals surface area contributed by atoms with Gasteiger partial charge in [0, 0.05) is 20.2 Å². The molecule has 0 aliphatic carbocycles. The monoisotopic (exact) mass is 315 g/mol. The predicted molar refractivity (Wildman–Crippen MR) is 78.7 cm³/mol. The van der Waals surface area contributed by atoms with E-state index in [4.69, 9.17) is 4.74 Å². The molecule has 0 radical (unpaired) electrons. The number of ether oxygens (including phenoxy) is 2. The topological polar surface area (TPSA) is 97.0 Å². The summed E-state index contributed by atoms with van der Waals surface area (Å²) in [6.07, 6.45) is 0.947. The molecule has 1 aliphatic heterocycles. The molecule has 1 aliphatic rings. The predicted octanol–water partition coefficient (Wildman–Crippen LogP) is 0.427. The van der Waals surface area contributed by atoms with Gasteiger partial charge in [0.2, 0.25) is 5.91 Å². The van der Waals surface area contributed by atoms with Gasteiger partial charge in [0.05, 0.1) is 5.92 Å². The lowest BCUT2D eigenvalue weighted by atomic mass is 9.98. The number of carbonyl (C=O) groups is 3. The van der Waals surface area contributed by atoms with Crippen molar-refractivity contribution in [3.63, 3.8) is 0 Å². The van der Waals surface area contributed by atoms with Crippen molar-refractivity contribution in [2.75, 3.05) is 26.8 Å². The molecular formula is C14H25N3O5. The Morgan fingerprint density at radius 3 is 2.50 bits per heavy atom. The van der Waals surface area contributed by atoms with Gasteiger partial charge in [-0.25, -0.2) is 4.79 Å². The molecule has 8 nitrogen and oxygen atoms in total. The van der Waals surface area contributed by atoms with E-state index in [1.807, 2.05) is 0 Å². The Hall–Kier alpha value is -1.83. The lowest BCUT2D eigenvalue weighted by molar-refractivity contribution is -0.133. The van der Waals surface area contributed by atoms with E-state index in [9.17, 15) is 14.4 Å². The van der Waals surface area contributed by atoms with E-state index in [-0.39, 0.29) is 25.0 Å². The molecule has 1 saturated heterocycles. The number of amides is 3. The zero-order valence-electron chi connectivity index (χ0n) is 13.6. The van der Waals surface area contributed by atoms with Crippen LogP contribution >= 0.6 is 0 Å². The van der Waals surface area contributed by atoms with Crippen LogP contribution in [0.25, 0.3) is 0 Å². The first-order valence-corrected chi connectivity index (χ1v) is 7.28. The van der Waals surface area contributed by atoms with Gasteiger partial charge in [-0.05, 0) is 33.6 Å². The number of piperidine rings is 1. The highest BCUT2D eigenvalue weighted by molar-refractivity contribution is 5.84. The second-order valence-electron chi connectivity index (χ2n) is 6.24. The second kappa shape index (κ2) is 7.98. The Balaban J connectivity index is 2.47. The highest BCUT2D eigenvalue weighted by atomic mass is 16.6. The van der Waals surface area contributed by atoms with E-state index in [1.54, 1.807) is 20.8 Å². The van der Waals surface area contributed by atoms with E-state index in [0.29, 0.717) is 19.4 Å². The first-order valence-electron chi connectivity index (χ1n) is 7.28. The number of nitrogens with zero attached hydrogens (tertiary/aromatic N) is 1. The van der Waals surface area contributed by atoms with Crippen molar-refractivity contribution in [1.29, 1.82) is 0 Å². The molecule has 0 aromatic carbocycles. The molecule has 0 aromatic heterocycles. The maximum atomic E-state index is 12.0. The molecule has 22 heavy (non-hydrogen) atoms. The van der Waals surface area contributed by atoms with Crippen LogP contribution in [0.5, 0.6) is 0 Å². The zero-order chi connectivity index (χ0) is 16.8.